The van der Waals surface area contributed by atoms with E-state index in [9.17, 15) is 17.9 Å². The fraction of sp³-hybridized carbons (Fsp3) is 0.389. The van der Waals surface area contributed by atoms with Crippen LogP contribution in [-0.4, -0.2) is 24.3 Å². The number of aryl methyl sites for hydroxylation is 1. The first-order chi connectivity index (χ1) is 11.3. The first kappa shape index (κ1) is 17.0. The van der Waals surface area contributed by atoms with Gasteiger partial charge in [-0.3, -0.25) is 4.98 Å². The third-order valence-electron chi connectivity index (χ3n) is 4.37. The number of rotatable bonds is 3. The molecule has 1 aliphatic rings. The molecule has 0 spiro atoms. The van der Waals surface area contributed by atoms with Gasteiger partial charge in [0.15, 0.2) is 9.84 Å². The average Bonchev–Trinajstić information content (AvgIpc) is 2.53. The van der Waals surface area contributed by atoms with Gasteiger partial charge >= 0.3 is 0 Å². The maximum Gasteiger partial charge on any atom is 0.154 e. The first-order valence-electron chi connectivity index (χ1n) is 7.94. The second-order valence-electron chi connectivity index (χ2n) is 6.44. The number of aliphatic hydroxyl groups excluding tert-OH is 1. The van der Waals surface area contributed by atoms with Crippen molar-refractivity contribution >= 4 is 9.84 Å². The van der Waals surface area contributed by atoms with Crippen LogP contribution >= 0.6 is 0 Å². The summed E-state index contributed by atoms with van der Waals surface area (Å²) < 4.78 is 37.5. The minimum absolute atomic E-state index is 0.0892. The van der Waals surface area contributed by atoms with Crippen LogP contribution in [0.1, 0.15) is 42.3 Å². The summed E-state index contributed by atoms with van der Waals surface area (Å²) >= 11 is 0. The maximum absolute atomic E-state index is 13.3. The second-order valence-corrected chi connectivity index (χ2v) is 8.62. The van der Waals surface area contributed by atoms with Crippen molar-refractivity contribution in [1.29, 1.82) is 0 Å². The van der Waals surface area contributed by atoms with Gasteiger partial charge in [-0.25, -0.2) is 12.8 Å². The van der Waals surface area contributed by atoms with E-state index in [0.717, 1.165) is 11.4 Å². The summed E-state index contributed by atoms with van der Waals surface area (Å²) in [6.07, 6.45) is 0.372. The molecular formula is C18H20FNO3S. The van der Waals surface area contributed by atoms with Crippen molar-refractivity contribution in [2.45, 2.75) is 38.5 Å². The van der Waals surface area contributed by atoms with Crippen LogP contribution in [-0.2, 0) is 28.6 Å². The van der Waals surface area contributed by atoms with E-state index in [0.29, 0.717) is 28.7 Å². The predicted molar refractivity (Wildman–Crippen MR) is 90.8 cm³/mol. The monoisotopic (exact) mass is 349 g/mol. The lowest BCUT2D eigenvalue weighted by atomic mass is 9.89. The lowest BCUT2D eigenvalue weighted by Crippen LogP contribution is -2.23. The molecule has 0 saturated carbocycles. The van der Waals surface area contributed by atoms with Crippen LogP contribution in [0.15, 0.2) is 24.3 Å². The number of fused-ring (bicyclic) bond motifs is 1. The lowest BCUT2D eigenvalue weighted by molar-refractivity contribution is 0.280. The Morgan fingerprint density at radius 3 is 2.50 bits per heavy atom. The van der Waals surface area contributed by atoms with E-state index in [4.69, 9.17) is 0 Å². The van der Waals surface area contributed by atoms with Gasteiger partial charge in [0.05, 0.1) is 18.1 Å². The molecule has 1 aliphatic heterocycles. The Morgan fingerprint density at radius 1 is 1.25 bits per heavy atom. The van der Waals surface area contributed by atoms with Gasteiger partial charge in [0.1, 0.15) is 5.82 Å². The summed E-state index contributed by atoms with van der Waals surface area (Å²) in [5, 5.41) is 9.93. The Balaban J connectivity index is 2.34. The normalized spacial score (nSPS) is 16.2. The molecular weight excluding hydrogens is 329 g/mol. The van der Waals surface area contributed by atoms with Crippen molar-refractivity contribution in [3.8, 4) is 11.1 Å². The molecule has 0 amide bonds. The molecule has 3 rings (SSSR count). The number of aliphatic hydroxyl groups is 1. The highest BCUT2D eigenvalue weighted by Crippen LogP contribution is 2.37. The second kappa shape index (κ2) is 6.26. The molecule has 0 atom stereocenters. The van der Waals surface area contributed by atoms with Crippen LogP contribution in [0.5, 0.6) is 0 Å². The number of nitrogens with zero attached hydrogens (tertiary/aromatic N) is 1. The van der Waals surface area contributed by atoms with Gasteiger partial charge in [-0.1, -0.05) is 26.0 Å². The summed E-state index contributed by atoms with van der Waals surface area (Å²) in [5.74, 6) is -0.265. The number of hydrogen-bond donors (Lipinski definition) is 1. The van der Waals surface area contributed by atoms with E-state index in [-0.39, 0.29) is 29.8 Å². The zero-order chi connectivity index (χ0) is 17.5. The molecule has 0 bridgehead atoms. The standard InChI is InChI=1S/C18H20FNO3S/c1-11(2)18-14(9-21)17(12-3-5-13(19)6-4-12)15-10-24(22,23)8-7-16(15)20-18/h3-6,11,21H,7-10H2,1-2H3. The number of hydrogen-bond acceptors (Lipinski definition) is 4. The number of benzene rings is 1. The zero-order valence-electron chi connectivity index (χ0n) is 13.7. The SMILES string of the molecule is CC(C)c1nc2c(c(-c3ccc(F)cc3)c1CO)CS(=O)(=O)CC2. The average molecular weight is 349 g/mol. The van der Waals surface area contributed by atoms with Crippen molar-refractivity contribution in [3.63, 3.8) is 0 Å². The Kier molecular flexibility index (Phi) is 4.44. The summed E-state index contributed by atoms with van der Waals surface area (Å²) in [4.78, 5) is 4.65. The van der Waals surface area contributed by atoms with Gasteiger partial charge in [0.2, 0.25) is 0 Å². The Hall–Kier alpha value is -1.79. The predicted octanol–water partition coefficient (Wildman–Crippen LogP) is 2.97. The van der Waals surface area contributed by atoms with Crippen LogP contribution in [0, 0.1) is 5.82 Å². The number of sulfone groups is 1. The van der Waals surface area contributed by atoms with Crippen LogP contribution < -0.4 is 0 Å². The molecule has 0 saturated heterocycles. The number of pyridine rings is 1. The maximum atomic E-state index is 13.3. The largest absolute Gasteiger partial charge is 0.392 e. The first-order valence-corrected chi connectivity index (χ1v) is 9.76. The molecule has 2 heterocycles. The highest BCUT2D eigenvalue weighted by atomic mass is 32.2. The molecule has 2 aromatic rings. The summed E-state index contributed by atoms with van der Waals surface area (Å²) in [6.45, 7) is 3.74. The molecule has 128 valence electrons. The molecule has 0 aliphatic carbocycles. The summed E-state index contributed by atoms with van der Waals surface area (Å²) in [7, 11) is -3.19. The number of aromatic nitrogens is 1. The van der Waals surface area contributed by atoms with Gasteiger partial charge in [-0.2, -0.15) is 0 Å². The van der Waals surface area contributed by atoms with Crippen molar-refractivity contribution in [3.05, 3.63) is 52.6 Å². The van der Waals surface area contributed by atoms with Gasteiger partial charge < -0.3 is 5.11 Å². The van der Waals surface area contributed by atoms with E-state index in [1.807, 2.05) is 13.8 Å². The summed E-state index contributed by atoms with van der Waals surface area (Å²) in [5.41, 5.74) is 4.21. The fourth-order valence-corrected chi connectivity index (χ4v) is 4.64. The minimum Gasteiger partial charge on any atom is -0.392 e. The minimum atomic E-state index is -3.19. The molecule has 6 heteroatoms. The zero-order valence-corrected chi connectivity index (χ0v) is 14.5. The number of halogens is 1. The quantitative estimate of drug-likeness (QED) is 0.925. The van der Waals surface area contributed by atoms with Crippen LogP contribution in [0.25, 0.3) is 11.1 Å². The highest BCUT2D eigenvalue weighted by Gasteiger charge is 2.29. The Morgan fingerprint density at radius 2 is 1.92 bits per heavy atom. The highest BCUT2D eigenvalue weighted by molar-refractivity contribution is 7.90. The van der Waals surface area contributed by atoms with Gasteiger partial charge in [0.25, 0.3) is 0 Å². The van der Waals surface area contributed by atoms with E-state index in [2.05, 4.69) is 4.98 Å². The van der Waals surface area contributed by atoms with Crippen LogP contribution in [0.2, 0.25) is 0 Å². The molecule has 1 N–H and O–H groups in total. The lowest BCUT2D eigenvalue weighted by Gasteiger charge is -2.25. The third-order valence-corrected chi connectivity index (χ3v) is 5.92. The summed E-state index contributed by atoms with van der Waals surface area (Å²) in [6, 6.07) is 5.93. The van der Waals surface area contributed by atoms with Gasteiger partial charge in [-0.05, 0) is 34.7 Å². The third kappa shape index (κ3) is 3.08. The molecule has 0 unspecified atom stereocenters. The molecule has 4 nitrogen and oxygen atoms in total. The van der Waals surface area contributed by atoms with Gasteiger partial charge in [-0.15, -0.1) is 0 Å². The fourth-order valence-electron chi connectivity index (χ4n) is 3.24. The van der Waals surface area contributed by atoms with E-state index in [1.165, 1.54) is 12.1 Å². The topological polar surface area (TPSA) is 67.3 Å². The van der Waals surface area contributed by atoms with E-state index in [1.54, 1.807) is 12.1 Å². The molecule has 0 radical (unpaired) electrons. The smallest absolute Gasteiger partial charge is 0.154 e. The van der Waals surface area contributed by atoms with Gasteiger partial charge in [0, 0.05) is 23.4 Å². The molecule has 0 fully saturated rings. The van der Waals surface area contributed by atoms with E-state index >= 15 is 0 Å². The van der Waals surface area contributed by atoms with Crippen LogP contribution in [0.4, 0.5) is 4.39 Å². The molecule has 1 aromatic carbocycles. The molecule has 1 aromatic heterocycles. The van der Waals surface area contributed by atoms with E-state index < -0.39 is 9.84 Å². The Bertz CT molecular complexity index is 874. The van der Waals surface area contributed by atoms with Crippen molar-refractivity contribution in [2.75, 3.05) is 5.75 Å². The van der Waals surface area contributed by atoms with Crippen LogP contribution in [0.3, 0.4) is 0 Å². The molecule has 24 heavy (non-hydrogen) atoms. The van der Waals surface area contributed by atoms with Crippen molar-refractivity contribution in [1.82, 2.24) is 4.98 Å². The van der Waals surface area contributed by atoms with Crippen molar-refractivity contribution in [2.24, 2.45) is 0 Å². The van der Waals surface area contributed by atoms with Crippen molar-refractivity contribution < 1.29 is 17.9 Å². The Labute approximate surface area is 141 Å².